The lowest BCUT2D eigenvalue weighted by molar-refractivity contribution is 0.580. The highest BCUT2D eigenvalue weighted by Crippen LogP contribution is 2.26. The van der Waals surface area contributed by atoms with E-state index in [2.05, 4.69) is 37.1 Å². The first-order valence-corrected chi connectivity index (χ1v) is 7.05. The van der Waals surface area contributed by atoms with Gasteiger partial charge in [-0.05, 0) is 44.5 Å². The van der Waals surface area contributed by atoms with Crippen molar-refractivity contribution in [3.05, 3.63) is 41.2 Å². The standard InChI is InChI=1S/C16H23FN2/c1-4-18-13(3)14-7-8-16(15(17)10-14)19-9-5-6-12(2)11-19/h6-8,10,13,18H,4-5,9,11H2,1-3H3. The lowest BCUT2D eigenvalue weighted by Gasteiger charge is -2.29. The van der Waals surface area contributed by atoms with Crippen LogP contribution in [0, 0.1) is 5.82 Å². The van der Waals surface area contributed by atoms with E-state index in [1.165, 1.54) is 5.57 Å². The number of rotatable bonds is 4. The van der Waals surface area contributed by atoms with E-state index in [1.54, 1.807) is 6.07 Å². The molecule has 0 saturated carbocycles. The third-order valence-electron chi connectivity index (χ3n) is 3.65. The average molecular weight is 262 g/mol. The van der Waals surface area contributed by atoms with Crippen molar-refractivity contribution in [1.82, 2.24) is 5.32 Å². The molecule has 0 saturated heterocycles. The van der Waals surface area contributed by atoms with Gasteiger partial charge in [0, 0.05) is 19.1 Å². The number of benzene rings is 1. The van der Waals surface area contributed by atoms with Crippen LogP contribution in [0.5, 0.6) is 0 Å². The van der Waals surface area contributed by atoms with Gasteiger partial charge in [0.1, 0.15) is 5.82 Å². The molecule has 0 aromatic heterocycles. The maximum Gasteiger partial charge on any atom is 0.146 e. The summed E-state index contributed by atoms with van der Waals surface area (Å²) in [5.74, 6) is -0.114. The molecule has 0 aliphatic carbocycles. The van der Waals surface area contributed by atoms with Gasteiger partial charge in [-0.15, -0.1) is 0 Å². The Hall–Kier alpha value is -1.35. The van der Waals surface area contributed by atoms with Crippen LogP contribution in [0.1, 0.15) is 38.8 Å². The van der Waals surface area contributed by atoms with Crippen LogP contribution in [0.3, 0.4) is 0 Å². The summed E-state index contributed by atoms with van der Waals surface area (Å²) in [7, 11) is 0. The van der Waals surface area contributed by atoms with Crippen molar-refractivity contribution < 1.29 is 4.39 Å². The van der Waals surface area contributed by atoms with Crippen molar-refractivity contribution in [2.75, 3.05) is 24.5 Å². The summed E-state index contributed by atoms with van der Waals surface area (Å²) in [4.78, 5) is 2.12. The second-order valence-electron chi connectivity index (χ2n) is 5.25. The normalized spacial score (nSPS) is 17.3. The summed E-state index contributed by atoms with van der Waals surface area (Å²) in [5, 5.41) is 3.31. The Morgan fingerprint density at radius 1 is 1.42 bits per heavy atom. The monoisotopic (exact) mass is 262 g/mol. The Labute approximate surface area is 115 Å². The first-order valence-electron chi connectivity index (χ1n) is 7.05. The average Bonchev–Trinajstić information content (AvgIpc) is 2.38. The van der Waals surface area contributed by atoms with Crippen LogP contribution in [0.15, 0.2) is 29.8 Å². The van der Waals surface area contributed by atoms with Crippen molar-refractivity contribution in [3.8, 4) is 0 Å². The van der Waals surface area contributed by atoms with Crippen LogP contribution in [0.4, 0.5) is 10.1 Å². The lowest BCUT2D eigenvalue weighted by Crippen LogP contribution is -2.30. The van der Waals surface area contributed by atoms with Gasteiger partial charge in [0.05, 0.1) is 5.69 Å². The topological polar surface area (TPSA) is 15.3 Å². The molecule has 104 valence electrons. The maximum absolute atomic E-state index is 14.3. The molecule has 1 atom stereocenters. The highest BCUT2D eigenvalue weighted by Gasteiger charge is 2.16. The van der Waals surface area contributed by atoms with Gasteiger partial charge in [-0.25, -0.2) is 4.39 Å². The van der Waals surface area contributed by atoms with E-state index in [0.717, 1.165) is 37.3 Å². The Morgan fingerprint density at radius 2 is 2.21 bits per heavy atom. The molecule has 0 bridgehead atoms. The summed E-state index contributed by atoms with van der Waals surface area (Å²) in [5.41, 5.74) is 3.04. The van der Waals surface area contributed by atoms with Gasteiger partial charge in [-0.2, -0.15) is 0 Å². The quantitative estimate of drug-likeness (QED) is 0.833. The van der Waals surface area contributed by atoms with Crippen molar-refractivity contribution in [2.45, 2.75) is 33.2 Å². The maximum atomic E-state index is 14.3. The van der Waals surface area contributed by atoms with E-state index in [0.29, 0.717) is 0 Å². The van der Waals surface area contributed by atoms with Crippen LogP contribution in [0.2, 0.25) is 0 Å². The molecule has 1 heterocycles. The van der Waals surface area contributed by atoms with Crippen molar-refractivity contribution >= 4 is 5.69 Å². The van der Waals surface area contributed by atoms with Gasteiger partial charge in [-0.1, -0.05) is 24.6 Å². The van der Waals surface area contributed by atoms with E-state index in [4.69, 9.17) is 0 Å². The molecule has 1 aromatic rings. The zero-order valence-electron chi connectivity index (χ0n) is 12.0. The predicted molar refractivity (Wildman–Crippen MR) is 79.1 cm³/mol. The molecule has 1 unspecified atom stereocenters. The number of nitrogens with zero attached hydrogens (tertiary/aromatic N) is 1. The largest absolute Gasteiger partial charge is 0.365 e. The van der Waals surface area contributed by atoms with E-state index < -0.39 is 0 Å². The van der Waals surface area contributed by atoms with Gasteiger partial charge in [0.2, 0.25) is 0 Å². The third-order valence-corrected chi connectivity index (χ3v) is 3.65. The summed E-state index contributed by atoms with van der Waals surface area (Å²) < 4.78 is 14.3. The number of hydrogen-bond donors (Lipinski definition) is 1. The first-order chi connectivity index (χ1) is 9.11. The van der Waals surface area contributed by atoms with Gasteiger partial charge in [-0.3, -0.25) is 0 Å². The summed E-state index contributed by atoms with van der Waals surface area (Å²) in [6.45, 7) is 8.84. The Bertz CT molecular complexity index is 468. The molecule has 2 nitrogen and oxygen atoms in total. The zero-order valence-corrected chi connectivity index (χ0v) is 12.0. The molecular weight excluding hydrogens is 239 g/mol. The van der Waals surface area contributed by atoms with Gasteiger partial charge in [0.15, 0.2) is 0 Å². The van der Waals surface area contributed by atoms with Crippen LogP contribution in [-0.4, -0.2) is 19.6 Å². The molecule has 1 aliphatic rings. The Kier molecular flexibility index (Phi) is 4.59. The van der Waals surface area contributed by atoms with Crippen molar-refractivity contribution in [1.29, 1.82) is 0 Å². The highest BCUT2D eigenvalue weighted by atomic mass is 19.1. The molecule has 0 radical (unpaired) electrons. The molecule has 1 aliphatic heterocycles. The SMILES string of the molecule is CCNC(C)c1ccc(N2CCC=C(C)C2)c(F)c1. The van der Waals surface area contributed by atoms with Crippen LogP contribution in [0.25, 0.3) is 0 Å². The molecule has 1 aromatic carbocycles. The van der Waals surface area contributed by atoms with Crippen LogP contribution >= 0.6 is 0 Å². The predicted octanol–water partition coefficient (Wildman–Crippen LogP) is 3.65. The summed E-state index contributed by atoms with van der Waals surface area (Å²) in [6.07, 6.45) is 3.23. The molecule has 0 spiro atoms. The fraction of sp³-hybridized carbons (Fsp3) is 0.500. The minimum atomic E-state index is -0.114. The fourth-order valence-corrected chi connectivity index (χ4v) is 2.59. The third kappa shape index (κ3) is 3.35. The van der Waals surface area contributed by atoms with E-state index in [9.17, 15) is 4.39 Å². The second-order valence-corrected chi connectivity index (χ2v) is 5.25. The Morgan fingerprint density at radius 3 is 2.84 bits per heavy atom. The minimum absolute atomic E-state index is 0.114. The molecule has 3 heteroatoms. The van der Waals surface area contributed by atoms with E-state index >= 15 is 0 Å². The summed E-state index contributed by atoms with van der Waals surface area (Å²) >= 11 is 0. The van der Waals surface area contributed by atoms with E-state index in [1.807, 2.05) is 12.1 Å². The number of halogens is 1. The number of hydrogen-bond acceptors (Lipinski definition) is 2. The lowest BCUT2D eigenvalue weighted by atomic mass is 10.1. The Balaban J connectivity index is 2.17. The van der Waals surface area contributed by atoms with Gasteiger partial charge in [0.25, 0.3) is 0 Å². The molecule has 19 heavy (non-hydrogen) atoms. The van der Waals surface area contributed by atoms with Crippen LogP contribution < -0.4 is 10.2 Å². The molecule has 1 N–H and O–H groups in total. The summed E-state index contributed by atoms with van der Waals surface area (Å²) in [6, 6.07) is 5.80. The number of anilines is 1. The fourth-order valence-electron chi connectivity index (χ4n) is 2.59. The van der Waals surface area contributed by atoms with Crippen molar-refractivity contribution in [2.24, 2.45) is 0 Å². The van der Waals surface area contributed by atoms with Gasteiger partial charge < -0.3 is 10.2 Å². The number of nitrogens with one attached hydrogen (secondary N) is 1. The second kappa shape index (κ2) is 6.20. The molecule has 2 rings (SSSR count). The van der Waals surface area contributed by atoms with Gasteiger partial charge >= 0.3 is 0 Å². The molecule has 0 fully saturated rings. The van der Waals surface area contributed by atoms with E-state index in [-0.39, 0.29) is 11.9 Å². The van der Waals surface area contributed by atoms with Crippen LogP contribution in [-0.2, 0) is 0 Å². The van der Waals surface area contributed by atoms with Crippen molar-refractivity contribution in [3.63, 3.8) is 0 Å². The smallest absolute Gasteiger partial charge is 0.146 e. The first kappa shape index (κ1) is 14.1. The minimum Gasteiger partial charge on any atom is -0.365 e. The molecular formula is C16H23FN2. The molecule has 0 amide bonds. The highest BCUT2D eigenvalue weighted by molar-refractivity contribution is 5.51. The zero-order chi connectivity index (χ0) is 13.8.